The monoisotopic (exact) mass is 364 g/mol. The van der Waals surface area contributed by atoms with Gasteiger partial charge in [-0.25, -0.2) is 9.00 Å². The average molecular weight is 364 g/mol. The number of aromatic nitrogens is 5. The largest absolute Gasteiger partial charge is 0.382 e. The minimum atomic E-state index is -3.72. The lowest BCUT2D eigenvalue weighted by Crippen LogP contribution is -2.21. The van der Waals surface area contributed by atoms with Gasteiger partial charge in [0.15, 0.2) is 11.5 Å². The smallest absolute Gasteiger partial charge is 0.328 e. The van der Waals surface area contributed by atoms with E-state index in [4.69, 9.17) is 5.73 Å². The molecule has 4 N–H and O–H groups in total. The number of aryl methyl sites for hydroxylation is 1. The van der Waals surface area contributed by atoms with Crippen LogP contribution in [0.5, 0.6) is 0 Å². The van der Waals surface area contributed by atoms with Crippen LogP contribution >= 0.6 is 0 Å². The van der Waals surface area contributed by atoms with Crippen LogP contribution in [0.15, 0.2) is 28.3 Å². The van der Waals surface area contributed by atoms with Crippen molar-refractivity contribution < 1.29 is 8.76 Å². The summed E-state index contributed by atoms with van der Waals surface area (Å²) in [7, 11) is -3.72. The third-order valence-corrected chi connectivity index (χ3v) is 5.66. The first-order valence-electron chi connectivity index (χ1n) is 7.81. The fraction of sp³-hybridized carbons (Fsp3) is 0.333. The number of hydrogen-bond acceptors (Lipinski definition) is 6. The Labute approximate surface area is 144 Å². The number of nitrogens with zero attached hydrogens (tertiary/aromatic N) is 4. The number of nitrogen functional groups attached to an aromatic ring is 1. The van der Waals surface area contributed by atoms with Gasteiger partial charge in [0.2, 0.25) is 5.16 Å². The van der Waals surface area contributed by atoms with E-state index in [9.17, 15) is 13.6 Å². The van der Waals surface area contributed by atoms with Crippen molar-refractivity contribution in [2.24, 2.45) is 0 Å². The van der Waals surface area contributed by atoms with Crippen molar-refractivity contribution in [3.05, 3.63) is 40.1 Å². The molecular formula is C15H20N6O3S. The van der Waals surface area contributed by atoms with Crippen molar-refractivity contribution in [2.75, 3.05) is 11.5 Å². The van der Waals surface area contributed by atoms with Crippen LogP contribution in [0.25, 0.3) is 11.2 Å². The van der Waals surface area contributed by atoms with E-state index in [1.54, 1.807) is 19.2 Å². The Bertz CT molecular complexity index is 1040. The van der Waals surface area contributed by atoms with E-state index in [2.05, 4.69) is 19.9 Å². The van der Waals surface area contributed by atoms with E-state index in [1.165, 1.54) is 4.57 Å². The molecule has 0 amide bonds. The molecule has 0 saturated heterocycles. The Hall–Kier alpha value is -2.59. The van der Waals surface area contributed by atoms with Crippen molar-refractivity contribution >= 4 is 27.2 Å². The number of imidazole rings is 1. The molecule has 0 aliphatic rings. The SMILES string of the molecule is CCC[SH](=O)(O)c1nc(N)c2[nH]c(=O)n(Cc3ccnc(C)c3)c2n1. The van der Waals surface area contributed by atoms with E-state index in [0.29, 0.717) is 6.42 Å². The van der Waals surface area contributed by atoms with Gasteiger partial charge < -0.3 is 10.7 Å². The second-order valence-corrected chi connectivity index (χ2v) is 8.10. The Morgan fingerprint density at radius 3 is 2.84 bits per heavy atom. The summed E-state index contributed by atoms with van der Waals surface area (Å²) < 4.78 is 23.9. The van der Waals surface area contributed by atoms with Gasteiger partial charge in [-0.15, -0.1) is 10.2 Å². The van der Waals surface area contributed by atoms with Crippen molar-refractivity contribution in [3.63, 3.8) is 0 Å². The summed E-state index contributed by atoms with van der Waals surface area (Å²) in [5.41, 5.74) is 7.62. The highest BCUT2D eigenvalue weighted by molar-refractivity contribution is 7.97. The van der Waals surface area contributed by atoms with Crippen LogP contribution in [0.1, 0.15) is 24.6 Å². The molecule has 3 heterocycles. The lowest BCUT2D eigenvalue weighted by Gasteiger charge is -2.20. The number of H-pyrrole nitrogens is 1. The maximum Gasteiger partial charge on any atom is 0.328 e. The molecule has 0 aromatic carbocycles. The predicted molar refractivity (Wildman–Crippen MR) is 96.2 cm³/mol. The summed E-state index contributed by atoms with van der Waals surface area (Å²) in [6, 6.07) is 3.64. The quantitative estimate of drug-likeness (QED) is 0.386. The minimum Gasteiger partial charge on any atom is -0.382 e. The minimum absolute atomic E-state index is 0.0212. The number of thiol groups is 1. The maximum absolute atomic E-state index is 12.4. The van der Waals surface area contributed by atoms with E-state index in [1.807, 2.05) is 13.0 Å². The van der Waals surface area contributed by atoms with Gasteiger partial charge in [0.25, 0.3) is 0 Å². The number of nitrogens with two attached hydrogens (primary N) is 1. The summed E-state index contributed by atoms with van der Waals surface area (Å²) in [6.45, 7) is 3.89. The topological polar surface area (TPSA) is 140 Å². The Balaban J connectivity index is 2.16. The molecule has 3 rings (SSSR count). The van der Waals surface area contributed by atoms with Crippen LogP contribution in [0.4, 0.5) is 5.82 Å². The molecule has 10 heteroatoms. The molecule has 134 valence electrons. The molecule has 0 bridgehead atoms. The van der Waals surface area contributed by atoms with E-state index < -0.39 is 15.9 Å². The zero-order valence-electron chi connectivity index (χ0n) is 13.9. The molecule has 0 aliphatic carbocycles. The van der Waals surface area contributed by atoms with Crippen molar-refractivity contribution in [1.29, 1.82) is 0 Å². The third-order valence-electron chi connectivity index (χ3n) is 3.78. The molecule has 0 radical (unpaired) electrons. The highest BCUT2D eigenvalue weighted by atomic mass is 32.3. The molecule has 3 aromatic heterocycles. The molecule has 0 saturated carbocycles. The second-order valence-electron chi connectivity index (χ2n) is 5.85. The predicted octanol–water partition coefficient (Wildman–Crippen LogP) is 0.712. The molecule has 3 aromatic rings. The molecular weight excluding hydrogens is 344 g/mol. The number of pyridine rings is 1. The number of aromatic amines is 1. The van der Waals surface area contributed by atoms with Crippen LogP contribution in [0.2, 0.25) is 0 Å². The van der Waals surface area contributed by atoms with Gasteiger partial charge in [0, 0.05) is 17.6 Å². The van der Waals surface area contributed by atoms with Gasteiger partial charge in [-0.3, -0.25) is 14.1 Å². The van der Waals surface area contributed by atoms with E-state index in [0.717, 1.165) is 11.3 Å². The first-order chi connectivity index (χ1) is 11.8. The van der Waals surface area contributed by atoms with Gasteiger partial charge in [-0.2, -0.15) is 9.97 Å². The number of hydrogen-bond donors (Lipinski definition) is 4. The zero-order valence-corrected chi connectivity index (χ0v) is 14.8. The molecule has 9 nitrogen and oxygen atoms in total. The van der Waals surface area contributed by atoms with Gasteiger partial charge in [-0.05, 0) is 31.0 Å². The lowest BCUT2D eigenvalue weighted by atomic mass is 10.2. The first kappa shape index (κ1) is 17.2. The van der Waals surface area contributed by atoms with Crippen LogP contribution in [-0.4, -0.2) is 39.0 Å². The van der Waals surface area contributed by atoms with Gasteiger partial charge in [0.05, 0.1) is 6.54 Å². The Morgan fingerprint density at radius 2 is 2.16 bits per heavy atom. The molecule has 0 aliphatic heterocycles. The van der Waals surface area contributed by atoms with E-state index >= 15 is 0 Å². The van der Waals surface area contributed by atoms with Crippen LogP contribution in [0, 0.1) is 6.92 Å². The summed E-state index contributed by atoms with van der Waals surface area (Å²) in [4.78, 5) is 27.1. The van der Waals surface area contributed by atoms with Crippen molar-refractivity contribution in [1.82, 2.24) is 24.5 Å². The van der Waals surface area contributed by atoms with Crippen LogP contribution < -0.4 is 11.4 Å². The summed E-state index contributed by atoms with van der Waals surface area (Å²) in [5.74, 6) is 0.0306. The molecule has 0 unspecified atom stereocenters. The number of nitrogens with one attached hydrogen (secondary N) is 1. The standard InChI is InChI=1S/C15H20N6O3S/c1-3-6-25(23,24)14-19-12(16)11-13(20-14)21(15(22)18-11)8-10-4-5-17-9(2)7-10/h4-5,7,25H,3,6,8H2,1-2H3,(H,18,22)(H,23,24)(H2,16,19,20). The second kappa shape index (κ2) is 6.37. The molecule has 0 spiro atoms. The van der Waals surface area contributed by atoms with Crippen molar-refractivity contribution in [3.8, 4) is 0 Å². The Morgan fingerprint density at radius 1 is 1.40 bits per heavy atom. The summed E-state index contributed by atoms with van der Waals surface area (Å²) in [5, 5.41) is -0.224. The van der Waals surface area contributed by atoms with Gasteiger partial charge in [0.1, 0.15) is 5.52 Å². The number of rotatable bonds is 5. The highest BCUT2D eigenvalue weighted by Crippen LogP contribution is 2.20. The molecule has 0 atom stereocenters. The normalized spacial score (nSPS) is 12.6. The van der Waals surface area contributed by atoms with Crippen molar-refractivity contribution in [2.45, 2.75) is 32.0 Å². The van der Waals surface area contributed by atoms with E-state index in [-0.39, 0.29) is 34.4 Å². The van der Waals surface area contributed by atoms with Crippen LogP contribution in [-0.2, 0) is 16.8 Å². The molecule has 25 heavy (non-hydrogen) atoms. The van der Waals surface area contributed by atoms with Crippen LogP contribution in [0.3, 0.4) is 0 Å². The molecule has 0 fully saturated rings. The zero-order chi connectivity index (χ0) is 18.2. The fourth-order valence-corrected chi connectivity index (χ4v) is 3.95. The number of anilines is 1. The summed E-state index contributed by atoms with van der Waals surface area (Å²) >= 11 is 0. The Kier molecular flexibility index (Phi) is 4.39. The summed E-state index contributed by atoms with van der Waals surface area (Å²) in [6.07, 6.45) is 2.16. The van der Waals surface area contributed by atoms with Gasteiger partial charge in [-0.1, -0.05) is 6.92 Å². The first-order valence-corrected chi connectivity index (χ1v) is 9.66. The maximum atomic E-state index is 12.4. The lowest BCUT2D eigenvalue weighted by molar-refractivity contribution is 0.528. The average Bonchev–Trinajstić information content (AvgIpc) is 2.84. The van der Waals surface area contributed by atoms with Gasteiger partial charge >= 0.3 is 5.69 Å². The number of fused-ring (bicyclic) bond motifs is 1. The third kappa shape index (κ3) is 3.30. The highest BCUT2D eigenvalue weighted by Gasteiger charge is 2.19. The fourth-order valence-electron chi connectivity index (χ4n) is 2.63.